The Hall–Kier alpha value is -6.29. The fourth-order valence-corrected chi connectivity index (χ4v) is 7.19. The van der Waals surface area contributed by atoms with Crippen LogP contribution in [-0.2, 0) is 9.59 Å². The Bertz CT molecular complexity index is 2410. The summed E-state index contributed by atoms with van der Waals surface area (Å²) in [5.74, 6) is -1.02. The van der Waals surface area contributed by atoms with Gasteiger partial charge in [0.05, 0.1) is 10.9 Å². The lowest BCUT2D eigenvalue weighted by molar-refractivity contribution is -0.115. The van der Waals surface area contributed by atoms with Gasteiger partial charge in [-0.1, -0.05) is 109 Å². The molecule has 0 saturated heterocycles. The smallest absolute Gasteiger partial charge is 0.272 e. The van der Waals surface area contributed by atoms with Crippen molar-refractivity contribution in [1.82, 2.24) is 10.3 Å². The number of fused-ring (bicyclic) bond motifs is 1. The number of anilines is 2. The van der Waals surface area contributed by atoms with Crippen molar-refractivity contribution in [2.45, 2.75) is 17.1 Å². The van der Waals surface area contributed by atoms with Crippen LogP contribution in [-0.4, -0.2) is 28.0 Å². The molecular weight excluding hydrogens is 697 g/mol. The second kappa shape index (κ2) is 16.4. The molecule has 53 heavy (non-hydrogen) atoms. The Balaban J connectivity index is 0.991. The zero-order chi connectivity index (χ0) is 36.6. The third-order valence-corrected chi connectivity index (χ3v) is 10.3. The molecule has 7 rings (SSSR count). The zero-order valence-corrected chi connectivity index (χ0v) is 30.3. The van der Waals surface area contributed by atoms with E-state index in [0.29, 0.717) is 16.4 Å². The van der Waals surface area contributed by atoms with E-state index < -0.39 is 17.1 Å². The number of rotatable bonds is 11. The number of benzene rings is 6. The summed E-state index contributed by atoms with van der Waals surface area (Å²) < 4.78 is 0. The largest absolute Gasteiger partial charge is 0.321 e. The second-order valence-electron chi connectivity index (χ2n) is 12.2. The highest BCUT2D eigenvalue weighted by atomic mass is 32.2. The summed E-state index contributed by atoms with van der Waals surface area (Å²) in [7, 11) is 0. The van der Waals surface area contributed by atoms with Crippen molar-refractivity contribution in [1.29, 1.82) is 0 Å². The fourth-order valence-electron chi connectivity index (χ4n) is 5.60. The van der Waals surface area contributed by atoms with Crippen molar-refractivity contribution in [2.24, 2.45) is 0 Å². The van der Waals surface area contributed by atoms with Crippen molar-refractivity contribution in [3.8, 4) is 22.4 Å². The molecule has 7 nitrogen and oxygen atoms in total. The molecule has 260 valence electrons. The highest BCUT2D eigenvalue weighted by Gasteiger charge is 2.18. The van der Waals surface area contributed by atoms with Gasteiger partial charge in [-0.15, -0.1) is 23.1 Å². The van der Waals surface area contributed by atoms with E-state index >= 15 is 0 Å². The molecule has 1 atom stereocenters. The quantitative estimate of drug-likeness (QED) is 0.0909. The van der Waals surface area contributed by atoms with Gasteiger partial charge in [0, 0.05) is 27.1 Å². The van der Waals surface area contributed by atoms with Crippen molar-refractivity contribution in [2.75, 3.05) is 10.6 Å². The molecule has 0 aliphatic carbocycles. The third kappa shape index (κ3) is 8.96. The molecule has 0 saturated carbocycles. The molecule has 3 amide bonds. The Morgan fingerprint density at radius 1 is 0.679 bits per heavy atom. The summed E-state index contributed by atoms with van der Waals surface area (Å²) in [6.07, 6.45) is 1.66. The van der Waals surface area contributed by atoms with Gasteiger partial charge in [0.2, 0.25) is 5.91 Å². The van der Waals surface area contributed by atoms with E-state index in [2.05, 4.69) is 45.2 Å². The minimum Gasteiger partial charge on any atom is -0.321 e. The van der Waals surface area contributed by atoms with Crippen molar-refractivity contribution in [3.05, 3.63) is 174 Å². The minimum atomic E-state index is -0.471. The van der Waals surface area contributed by atoms with E-state index in [-0.39, 0.29) is 11.6 Å². The average molecular weight is 731 g/mol. The molecule has 1 heterocycles. The molecule has 0 radical (unpaired) electrons. The van der Waals surface area contributed by atoms with E-state index in [1.54, 1.807) is 42.5 Å². The molecule has 0 bridgehead atoms. The standard InChI is InChI=1S/C44H34N4O3S2/c1-29(41(49)48-44-47-40(28-52-44)36-21-20-32-12-8-9-15-35(32)27-36)53-38-24-22-37(23-25-38)45-43(51)39(46-42(50)34-13-6-3-7-14-34)26-30-16-18-33(19-17-30)31-10-4-2-5-11-31/h2-29H,1H3,(H,45,51)(H,46,50)(H,47,48,49)/b39-26-. The monoisotopic (exact) mass is 730 g/mol. The number of hydrogen-bond acceptors (Lipinski definition) is 6. The van der Waals surface area contributed by atoms with Crippen LogP contribution in [0.3, 0.4) is 0 Å². The molecule has 6 aromatic carbocycles. The lowest BCUT2D eigenvalue weighted by Gasteiger charge is -2.13. The van der Waals surface area contributed by atoms with Gasteiger partial charge >= 0.3 is 0 Å². The van der Waals surface area contributed by atoms with Gasteiger partial charge in [-0.25, -0.2) is 4.98 Å². The van der Waals surface area contributed by atoms with Gasteiger partial charge in [0.25, 0.3) is 11.8 Å². The van der Waals surface area contributed by atoms with Crippen LogP contribution in [0.2, 0.25) is 0 Å². The number of thiazole rings is 1. The molecule has 3 N–H and O–H groups in total. The maximum atomic E-state index is 13.6. The maximum absolute atomic E-state index is 13.6. The van der Waals surface area contributed by atoms with Gasteiger partial charge in [0.15, 0.2) is 5.13 Å². The third-order valence-electron chi connectivity index (χ3n) is 8.43. The van der Waals surface area contributed by atoms with Crippen LogP contribution >= 0.6 is 23.1 Å². The molecule has 0 aliphatic rings. The number of thioether (sulfide) groups is 1. The average Bonchev–Trinajstić information content (AvgIpc) is 3.67. The molecule has 0 spiro atoms. The lowest BCUT2D eigenvalue weighted by atomic mass is 10.0. The molecule has 0 fully saturated rings. The maximum Gasteiger partial charge on any atom is 0.272 e. The summed E-state index contributed by atoms with van der Waals surface area (Å²) in [6, 6.07) is 48.2. The Labute approximate surface area is 315 Å². The van der Waals surface area contributed by atoms with Gasteiger partial charge in [-0.3, -0.25) is 14.4 Å². The number of nitrogens with one attached hydrogen (secondary N) is 3. The van der Waals surface area contributed by atoms with Gasteiger partial charge in [0.1, 0.15) is 5.70 Å². The number of aromatic nitrogens is 1. The summed E-state index contributed by atoms with van der Waals surface area (Å²) >= 11 is 2.79. The summed E-state index contributed by atoms with van der Waals surface area (Å²) in [6.45, 7) is 1.84. The van der Waals surface area contributed by atoms with Crippen molar-refractivity contribution >= 4 is 68.5 Å². The van der Waals surface area contributed by atoms with Crippen LogP contribution in [0.4, 0.5) is 10.8 Å². The van der Waals surface area contributed by atoms with Crippen LogP contribution in [0, 0.1) is 0 Å². The van der Waals surface area contributed by atoms with Crippen LogP contribution in [0.15, 0.2) is 168 Å². The first-order valence-electron chi connectivity index (χ1n) is 17.0. The van der Waals surface area contributed by atoms with Crippen LogP contribution in [0.5, 0.6) is 0 Å². The first-order chi connectivity index (χ1) is 25.9. The number of hydrogen-bond donors (Lipinski definition) is 3. The van der Waals surface area contributed by atoms with E-state index in [0.717, 1.165) is 43.6 Å². The van der Waals surface area contributed by atoms with E-state index in [4.69, 9.17) is 0 Å². The Morgan fingerprint density at radius 3 is 2.06 bits per heavy atom. The SMILES string of the molecule is CC(Sc1ccc(NC(=O)/C(=C/c2ccc(-c3ccccc3)cc2)NC(=O)c2ccccc2)cc1)C(=O)Nc1nc(-c2ccc3ccccc3c2)cs1. The predicted molar refractivity (Wildman–Crippen MR) is 218 cm³/mol. The van der Waals surface area contributed by atoms with Crippen molar-refractivity contribution in [3.63, 3.8) is 0 Å². The topological polar surface area (TPSA) is 100 Å². The van der Waals surface area contributed by atoms with Crippen LogP contribution in [0.25, 0.3) is 39.2 Å². The van der Waals surface area contributed by atoms with E-state index in [9.17, 15) is 14.4 Å². The van der Waals surface area contributed by atoms with Crippen molar-refractivity contribution < 1.29 is 14.4 Å². The summed E-state index contributed by atoms with van der Waals surface area (Å²) in [5, 5.41) is 13.0. The summed E-state index contributed by atoms with van der Waals surface area (Å²) in [5.41, 5.74) is 5.76. The molecule has 7 aromatic rings. The van der Waals surface area contributed by atoms with Crippen LogP contribution in [0.1, 0.15) is 22.8 Å². The first-order valence-corrected chi connectivity index (χ1v) is 18.7. The lowest BCUT2D eigenvalue weighted by Crippen LogP contribution is -2.30. The van der Waals surface area contributed by atoms with Gasteiger partial charge in [-0.05, 0) is 82.9 Å². The number of carbonyl (C=O) groups is 3. The number of carbonyl (C=O) groups excluding carboxylic acids is 3. The van der Waals surface area contributed by atoms with E-state index in [1.165, 1.54) is 23.1 Å². The van der Waals surface area contributed by atoms with Crippen LogP contribution < -0.4 is 16.0 Å². The molecule has 1 unspecified atom stereocenters. The molecular formula is C44H34N4O3S2. The molecule has 9 heteroatoms. The van der Waals surface area contributed by atoms with Gasteiger partial charge < -0.3 is 16.0 Å². The minimum absolute atomic E-state index is 0.0982. The Morgan fingerprint density at radius 2 is 1.32 bits per heavy atom. The second-order valence-corrected chi connectivity index (χ2v) is 14.5. The molecule has 1 aromatic heterocycles. The van der Waals surface area contributed by atoms with E-state index in [1.807, 2.05) is 103 Å². The first kappa shape index (κ1) is 35.1. The highest BCUT2D eigenvalue weighted by Crippen LogP contribution is 2.30. The Kier molecular flexibility index (Phi) is 10.9. The molecule has 0 aliphatic heterocycles. The summed E-state index contributed by atoms with van der Waals surface area (Å²) in [4.78, 5) is 45.3. The number of nitrogens with zero attached hydrogens (tertiary/aromatic N) is 1. The highest BCUT2D eigenvalue weighted by molar-refractivity contribution is 8.00. The normalized spacial score (nSPS) is 11.8. The zero-order valence-electron chi connectivity index (χ0n) is 28.7. The predicted octanol–water partition coefficient (Wildman–Crippen LogP) is 10.2. The number of amides is 3. The fraction of sp³-hybridized carbons (Fsp3) is 0.0455. The van der Waals surface area contributed by atoms with Gasteiger partial charge in [-0.2, -0.15) is 0 Å².